The molecule has 18 heavy (non-hydrogen) atoms. The molecule has 0 bridgehead atoms. The van der Waals surface area contributed by atoms with Crippen LogP contribution in [0.25, 0.3) is 11.4 Å². The molecule has 0 aliphatic carbocycles. The van der Waals surface area contributed by atoms with Crippen molar-refractivity contribution in [3.63, 3.8) is 0 Å². The first kappa shape index (κ1) is 11.8. The molecule has 0 saturated carbocycles. The minimum atomic E-state index is 0.288. The van der Waals surface area contributed by atoms with E-state index < -0.39 is 0 Å². The van der Waals surface area contributed by atoms with Crippen molar-refractivity contribution >= 4 is 15.9 Å². The Morgan fingerprint density at radius 1 is 1.33 bits per heavy atom. The van der Waals surface area contributed by atoms with Crippen molar-refractivity contribution in [3.8, 4) is 17.1 Å². The molecule has 0 fully saturated rings. The number of phenols is 1. The number of imidazole rings is 1. The normalized spacial score (nSPS) is 18.7. The van der Waals surface area contributed by atoms with Crippen LogP contribution in [-0.2, 0) is 6.42 Å². The molecule has 3 nitrogen and oxygen atoms in total. The lowest BCUT2D eigenvalue weighted by Crippen LogP contribution is -2.15. The molecule has 0 amide bonds. The third-order valence-corrected chi connectivity index (χ3v) is 4.20. The quantitative estimate of drug-likeness (QED) is 0.867. The molecule has 4 heteroatoms. The highest BCUT2D eigenvalue weighted by atomic mass is 79.9. The molecule has 1 N–H and O–H groups in total. The lowest BCUT2D eigenvalue weighted by Gasteiger charge is -2.24. The van der Waals surface area contributed by atoms with Crippen molar-refractivity contribution in [1.82, 2.24) is 9.55 Å². The van der Waals surface area contributed by atoms with Crippen molar-refractivity contribution in [2.45, 2.75) is 32.2 Å². The summed E-state index contributed by atoms with van der Waals surface area (Å²) < 4.78 is 3.28. The van der Waals surface area contributed by atoms with Gasteiger partial charge in [-0.2, -0.15) is 0 Å². The molecule has 1 aromatic carbocycles. The summed E-state index contributed by atoms with van der Waals surface area (Å²) in [4.78, 5) is 4.64. The first-order valence-corrected chi connectivity index (χ1v) is 7.02. The van der Waals surface area contributed by atoms with Crippen LogP contribution in [0.4, 0.5) is 0 Å². The summed E-state index contributed by atoms with van der Waals surface area (Å²) in [5, 5.41) is 9.36. The van der Waals surface area contributed by atoms with E-state index in [9.17, 15) is 5.11 Å². The second kappa shape index (κ2) is 4.43. The van der Waals surface area contributed by atoms with Gasteiger partial charge in [0.15, 0.2) is 0 Å². The van der Waals surface area contributed by atoms with Crippen molar-refractivity contribution < 1.29 is 5.11 Å². The number of benzene rings is 1. The number of halogens is 1. The average molecular weight is 307 g/mol. The zero-order valence-corrected chi connectivity index (χ0v) is 11.8. The van der Waals surface area contributed by atoms with Gasteiger partial charge < -0.3 is 9.67 Å². The fourth-order valence-corrected chi connectivity index (χ4v) is 3.20. The molecule has 0 radical (unpaired) electrons. The van der Waals surface area contributed by atoms with E-state index >= 15 is 0 Å². The second-order valence-electron chi connectivity index (χ2n) is 4.83. The summed E-state index contributed by atoms with van der Waals surface area (Å²) >= 11 is 3.56. The zero-order chi connectivity index (χ0) is 12.7. The van der Waals surface area contributed by atoms with Crippen LogP contribution in [0.3, 0.4) is 0 Å². The number of nitrogens with zero attached hydrogens (tertiary/aromatic N) is 2. The standard InChI is InChI=1S/C14H15BrN2O/c1-9-3-2-4-12-13(15)16-14(17(9)12)10-5-7-11(18)8-6-10/h5-9,18H,2-4H2,1H3. The van der Waals surface area contributed by atoms with Gasteiger partial charge in [-0.25, -0.2) is 4.98 Å². The average Bonchev–Trinajstić information content (AvgIpc) is 2.70. The van der Waals surface area contributed by atoms with E-state index in [1.165, 1.54) is 18.5 Å². The summed E-state index contributed by atoms with van der Waals surface area (Å²) in [6.07, 6.45) is 3.50. The molecular weight excluding hydrogens is 292 g/mol. The van der Waals surface area contributed by atoms with Crippen molar-refractivity contribution in [1.29, 1.82) is 0 Å². The van der Waals surface area contributed by atoms with Gasteiger partial charge in [-0.05, 0) is 66.4 Å². The van der Waals surface area contributed by atoms with E-state index in [2.05, 4.69) is 32.4 Å². The first-order valence-electron chi connectivity index (χ1n) is 6.23. The van der Waals surface area contributed by atoms with Crippen molar-refractivity contribution in [2.24, 2.45) is 0 Å². The molecule has 1 aliphatic heterocycles. The largest absolute Gasteiger partial charge is 0.508 e. The first-order chi connectivity index (χ1) is 8.66. The Labute approximate surface area is 115 Å². The third-order valence-electron chi connectivity index (χ3n) is 3.56. The predicted molar refractivity (Wildman–Crippen MR) is 74.7 cm³/mol. The number of rotatable bonds is 1. The van der Waals surface area contributed by atoms with Crippen LogP contribution in [0.5, 0.6) is 5.75 Å². The van der Waals surface area contributed by atoms with Gasteiger partial charge in [0.25, 0.3) is 0 Å². The molecule has 94 valence electrons. The Morgan fingerprint density at radius 3 is 2.78 bits per heavy atom. The van der Waals surface area contributed by atoms with Gasteiger partial charge in [0, 0.05) is 11.6 Å². The Morgan fingerprint density at radius 2 is 2.06 bits per heavy atom. The summed E-state index contributed by atoms with van der Waals surface area (Å²) in [6, 6.07) is 7.73. The van der Waals surface area contributed by atoms with Gasteiger partial charge in [0.1, 0.15) is 16.2 Å². The fraction of sp³-hybridized carbons (Fsp3) is 0.357. The molecule has 2 heterocycles. The Hall–Kier alpha value is -1.29. The molecule has 0 saturated heterocycles. The Balaban J connectivity index is 2.15. The number of phenolic OH excluding ortho intramolecular Hbond substituents is 1. The topological polar surface area (TPSA) is 38.1 Å². The number of hydrogen-bond donors (Lipinski definition) is 1. The van der Waals surface area contributed by atoms with E-state index in [-0.39, 0.29) is 5.75 Å². The van der Waals surface area contributed by atoms with Crippen LogP contribution in [0.2, 0.25) is 0 Å². The van der Waals surface area contributed by atoms with Crippen LogP contribution in [0.1, 0.15) is 31.5 Å². The van der Waals surface area contributed by atoms with Gasteiger partial charge in [0.05, 0.1) is 5.69 Å². The fourth-order valence-electron chi connectivity index (χ4n) is 2.65. The lowest BCUT2D eigenvalue weighted by atomic mass is 10.0. The number of aromatic nitrogens is 2. The molecule has 1 aliphatic rings. The van der Waals surface area contributed by atoms with Crippen LogP contribution < -0.4 is 0 Å². The van der Waals surface area contributed by atoms with E-state index in [0.29, 0.717) is 6.04 Å². The summed E-state index contributed by atoms with van der Waals surface area (Å²) in [7, 11) is 0. The summed E-state index contributed by atoms with van der Waals surface area (Å²) in [6.45, 7) is 2.24. The monoisotopic (exact) mass is 306 g/mol. The molecular formula is C14H15BrN2O. The van der Waals surface area contributed by atoms with Gasteiger partial charge in [0.2, 0.25) is 0 Å². The van der Waals surface area contributed by atoms with Gasteiger partial charge in [-0.15, -0.1) is 0 Å². The number of aromatic hydroxyl groups is 1. The minimum absolute atomic E-state index is 0.288. The third kappa shape index (κ3) is 1.85. The number of fused-ring (bicyclic) bond motifs is 1. The molecule has 0 spiro atoms. The van der Waals surface area contributed by atoms with Gasteiger partial charge >= 0.3 is 0 Å². The van der Waals surface area contributed by atoms with Crippen molar-refractivity contribution in [3.05, 3.63) is 34.6 Å². The molecule has 3 rings (SSSR count). The summed E-state index contributed by atoms with van der Waals surface area (Å²) in [5.41, 5.74) is 2.34. The SMILES string of the molecule is CC1CCCc2c(Br)nc(-c3ccc(O)cc3)n21. The summed E-state index contributed by atoms with van der Waals surface area (Å²) in [5.74, 6) is 1.28. The molecule has 2 aromatic rings. The van der Waals surface area contributed by atoms with E-state index in [0.717, 1.165) is 22.4 Å². The van der Waals surface area contributed by atoms with Crippen LogP contribution in [0, 0.1) is 0 Å². The zero-order valence-electron chi connectivity index (χ0n) is 10.2. The van der Waals surface area contributed by atoms with Gasteiger partial charge in [-0.3, -0.25) is 0 Å². The molecule has 1 aromatic heterocycles. The van der Waals surface area contributed by atoms with E-state index in [1.807, 2.05) is 12.1 Å². The predicted octanol–water partition coefficient (Wildman–Crippen LogP) is 3.92. The lowest BCUT2D eigenvalue weighted by molar-refractivity contribution is 0.435. The maximum Gasteiger partial charge on any atom is 0.141 e. The molecule has 1 atom stereocenters. The minimum Gasteiger partial charge on any atom is -0.508 e. The molecule has 1 unspecified atom stereocenters. The number of hydrogen-bond acceptors (Lipinski definition) is 2. The smallest absolute Gasteiger partial charge is 0.141 e. The Bertz CT molecular complexity index is 574. The Kier molecular flexibility index (Phi) is 2.90. The van der Waals surface area contributed by atoms with Crippen LogP contribution in [0.15, 0.2) is 28.9 Å². The van der Waals surface area contributed by atoms with Crippen LogP contribution in [-0.4, -0.2) is 14.7 Å². The van der Waals surface area contributed by atoms with E-state index in [4.69, 9.17) is 0 Å². The van der Waals surface area contributed by atoms with Crippen molar-refractivity contribution in [2.75, 3.05) is 0 Å². The van der Waals surface area contributed by atoms with Gasteiger partial charge in [-0.1, -0.05) is 0 Å². The highest BCUT2D eigenvalue weighted by Crippen LogP contribution is 2.35. The highest BCUT2D eigenvalue weighted by molar-refractivity contribution is 9.10. The highest BCUT2D eigenvalue weighted by Gasteiger charge is 2.23. The van der Waals surface area contributed by atoms with Crippen LogP contribution >= 0.6 is 15.9 Å². The van der Waals surface area contributed by atoms with E-state index in [1.54, 1.807) is 12.1 Å². The second-order valence-corrected chi connectivity index (χ2v) is 5.58. The maximum absolute atomic E-state index is 9.36. The maximum atomic E-state index is 9.36.